The SMILES string of the molecule is Cc1cc(CS(=O)(=O)N2CCc3sccc3[C@@H]2C)no1. The molecule has 3 rings (SSSR count). The second-order valence-electron chi connectivity index (χ2n) is 5.02. The van der Waals surface area contributed by atoms with E-state index in [9.17, 15) is 8.42 Å². The molecule has 0 saturated carbocycles. The smallest absolute Gasteiger partial charge is 0.220 e. The Morgan fingerprint density at radius 3 is 3.05 bits per heavy atom. The third-order valence-corrected chi connectivity index (χ3v) is 6.46. The summed E-state index contributed by atoms with van der Waals surface area (Å²) in [7, 11) is -3.38. The van der Waals surface area contributed by atoms with Crippen LogP contribution >= 0.6 is 11.3 Å². The van der Waals surface area contributed by atoms with Crippen molar-refractivity contribution in [3.8, 4) is 0 Å². The molecule has 3 heterocycles. The van der Waals surface area contributed by atoms with Crippen LogP contribution in [0.15, 0.2) is 22.0 Å². The molecule has 0 N–H and O–H groups in total. The van der Waals surface area contributed by atoms with Gasteiger partial charge >= 0.3 is 0 Å². The number of hydrogen-bond donors (Lipinski definition) is 0. The van der Waals surface area contributed by atoms with Gasteiger partial charge in [-0.2, -0.15) is 4.31 Å². The largest absolute Gasteiger partial charge is 0.361 e. The van der Waals surface area contributed by atoms with Gasteiger partial charge in [0.25, 0.3) is 0 Å². The Hall–Kier alpha value is -1.18. The molecule has 0 aliphatic carbocycles. The molecule has 0 spiro atoms. The van der Waals surface area contributed by atoms with Crippen molar-refractivity contribution < 1.29 is 12.9 Å². The number of sulfonamides is 1. The molecular formula is C13H16N2O3S2. The highest BCUT2D eigenvalue weighted by atomic mass is 32.2. The van der Waals surface area contributed by atoms with Gasteiger partial charge in [-0.25, -0.2) is 8.42 Å². The summed E-state index contributed by atoms with van der Waals surface area (Å²) in [5.74, 6) is 0.524. The summed E-state index contributed by atoms with van der Waals surface area (Å²) >= 11 is 1.70. The number of aryl methyl sites for hydroxylation is 1. The van der Waals surface area contributed by atoms with Gasteiger partial charge in [-0.05, 0) is 37.3 Å². The number of rotatable bonds is 3. The van der Waals surface area contributed by atoms with Crippen molar-refractivity contribution >= 4 is 21.4 Å². The van der Waals surface area contributed by atoms with Gasteiger partial charge in [-0.3, -0.25) is 0 Å². The second-order valence-corrected chi connectivity index (χ2v) is 7.94. The summed E-state index contributed by atoms with van der Waals surface area (Å²) in [6.07, 6.45) is 0.786. The normalized spacial score (nSPS) is 20.0. The fourth-order valence-corrected chi connectivity index (χ4v) is 5.23. The van der Waals surface area contributed by atoms with Gasteiger partial charge < -0.3 is 4.52 Å². The fourth-order valence-electron chi connectivity index (χ4n) is 2.62. The standard InChI is InChI=1S/C13H16N2O3S2/c1-9-7-11(14-18-9)8-20(16,17)15-5-3-13-12(10(15)2)4-6-19-13/h4,6-7,10H,3,5,8H2,1-2H3/t10-/m0/s1. The van der Waals surface area contributed by atoms with E-state index in [1.807, 2.05) is 18.4 Å². The Balaban J connectivity index is 1.85. The van der Waals surface area contributed by atoms with E-state index < -0.39 is 10.0 Å². The van der Waals surface area contributed by atoms with E-state index in [4.69, 9.17) is 4.52 Å². The molecule has 0 bridgehead atoms. The summed E-state index contributed by atoms with van der Waals surface area (Å²) < 4.78 is 31.6. The lowest BCUT2D eigenvalue weighted by Crippen LogP contribution is -2.38. The van der Waals surface area contributed by atoms with Crippen LogP contribution < -0.4 is 0 Å². The highest BCUT2D eigenvalue weighted by molar-refractivity contribution is 7.88. The monoisotopic (exact) mass is 312 g/mol. The maximum absolute atomic E-state index is 12.6. The van der Waals surface area contributed by atoms with Gasteiger partial charge in [-0.1, -0.05) is 5.16 Å². The van der Waals surface area contributed by atoms with Gasteiger partial charge in [-0.15, -0.1) is 11.3 Å². The first kappa shape index (κ1) is 13.8. The van der Waals surface area contributed by atoms with Crippen LogP contribution in [0.4, 0.5) is 0 Å². The highest BCUT2D eigenvalue weighted by Crippen LogP contribution is 2.35. The van der Waals surface area contributed by atoms with Crippen molar-refractivity contribution in [2.24, 2.45) is 0 Å². The number of fused-ring (bicyclic) bond motifs is 1. The van der Waals surface area contributed by atoms with Crippen LogP contribution in [-0.4, -0.2) is 24.4 Å². The van der Waals surface area contributed by atoms with Crippen LogP contribution in [0.5, 0.6) is 0 Å². The second kappa shape index (κ2) is 4.98. The van der Waals surface area contributed by atoms with E-state index in [1.54, 1.807) is 28.6 Å². The van der Waals surface area contributed by atoms with Gasteiger partial charge in [0.15, 0.2) is 0 Å². The van der Waals surface area contributed by atoms with E-state index in [0.29, 0.717) is 18.0 Å². The van der Waals surface area contributed by atoms with Gasteiger partial charge in [0.1, 0.15) is 17.2 Å². The highest BCUT2D eigenvalue weighted by Gasteiger charge is 2.33. The van der Waals surface area contributed by atoms with Crippen molar-refractivity contribution in [1.82, 2.24) is 9.46 Å². The van der Waals surface area contributed by atoms with Crippen molar-refractivity contribution in [3.05, 3.63) is 39.4 Å². The van der Waals surface area contributed by atoms with E-state index in [2.05, 4.69) is 5.16 Å². The molecular weight excluding hydrogens is 296 g/mol. The lowest BCUT2D eigenvalue weighted by Gasteiger charge is -2.32. The minimum Gasteiger partial charge on any atom is -0.361 e. The summed E-state index contributed by atoms with van der Waals surface area (Å²) in [6.45, 7) is 4.23. The van der Waals surface area contributed by atoms with E-state index in [1.165, 1.54) is 4.88 Å². The number of nitrogens with zero attached hydrogens (tertiary/aromatic N) is 2. The quantitative estimate of drug-likeness (QED) is 0.873. The average molecular weight is 312 g/mol. The number of thiophene rings is 1. The van der Waals surface area contributed by atoms with Gasteiger partial charge in [0.2, 0.25) is 10.0 Å². The first-order valence-corrected chi connectivity index (χ1v) is 8.94. The zero-order chi connectivity index (χ0) is 14.3. The molecule has 0 saturated heterocycles. The lowest BCUT2D eigenvalue weighted by molar-refractivity contribution is 0.327. The Bertz CT molecular complexity index is 718. The molecule has 0 fully saturated rings. The van der Waals surface area contributed by atoms with Crippen molar-refractivity contribution in [2.45, 2.75) is 32.1 Å². The predicted octanol–water partition coefficient (Wildman–Crippen LogP) is 2.49. The zero-order valence-corrected chi connectivity index (χ0v) is 13.0. The Morgan fingerprint density at radius 2 is 2.35 bits per heavy atom. The van der Waals surface area contributed by atoms with Crippen molar-refractivity contribution in [2.75, 3.05) is 6.54 Å². The third kappa shape index (κ3) is 2.41. The molecule has 5 nitrogen and oxygen atoms in total. The molecule has 7 heteroatoms. The minimum absolute atomic E-state index is 0.103. The predicted molar refractivity (Wildman–Crippen MR) is 77.0 cm³/mol. The first-order valence-electron chi connectivity index (χ1n) is 6.45. The maximum Gasteiger partial charge on any atom is 0.220 e. The summed E-state index contributed by atoms with van der Waals surface area (Å²) in [5.41, 5.74) is 1.59. The molecule has 1 aliphatic heterocycles. The Kier molecular flexibility index (Phi) is 3.43. The molecule has 0 amide bonds. The molecule has 0 radical (unpaired) electrons. The van der Waals surface area contributed by atoms with Gasteiger partial charge in [0.05, 0.1) is 0 Å². The zero-order valence-electron chi connectivity index (χ0n) is 11.4. The molecule has 0 aromatic carbocycles. The van der Waals surface area contributed by atoms with E-state index in [-0.39, 0.29) is 11.8 Å². The Morgan fingerprint density at radius 1 is 1.55 bits per heavy atom. The van der Waals surface area contributed by atoms with Crippen molar-refractivity contribution in [1.29, 1.82) is 0 Å². The average Bonchev–Trinajstić information content (AvgIpc) is 2.98. The molecule has 108 valence electrons. The van der Waals surface area contributed by atoms with E-state index >= 15 is 0 Å². The molecule has 0 unspecified atom stereocenters. The van der Waals surface area contributed by atoms with Gasteiger partial charge in [0, 0.05) is 23.5 Å². The van der Waals surface area contributed by atoms with Crippen LogP contribution in [-0.2, 0) is 22.2 Å². The van der Waals surface area contributed by atoms with Crippen molar-refractivity contribution in [3.63, 3.8) is 0 Å². The molecule has 1 aliphatic rings. The lowest BCUT2D eigenvalue weighted by atomic mass is 10.0. The van der Waals surface area contributed by atoms with Crippen LogP contribution in [0, 0.1) is 6.92 Å². The summed E-state index contributed by atoms with van der Waals surface area (Å²) in [5, 5.41) is 5.80. The van der Waals surface area contributed by atoms with Crippen LogP contribution in [0.1, 0.15) is 34.9 Å². The number of aromatic nitrogens is 1. The molecule has 20 heavy (non-hydrogen) atoms. The molecule has 1 atom stereocenters. The number of hydrogen-bond acceptors (Lipinski definition) is 5. The first-order chi connectivity index (χ1) is 9.47. The molecule has 2 aromatic heterocycles. The molecule has 2 aromatic rings. The van der Waals surface area contributed by atoms with Crippen LogP contribution in [0.3, 0.4) is 0 Å². The summed E-state index contributed by atoms with van der Waals surface area (Å²) in [6, 6.07) is 3.58. The topological polar surface area (TPSA) is 63.4 Å². The summed E-state index contributed by atoms with van der Waals surface area (Å²) in [4.78, 5) is 1.29. The van der Waals surface area contributed by atoms with Crippen LogP contribution in [0.25, 0.3) is 0 Å². The fraction of sp³-hybridized carbons (Fsp3) is 0.462. The van der Waals surface area contributed by atoms with E-state index in [0.717, 1.165) is 12.0 Å². The Labute approximate surface area is 122 Å². The maximum atomic E-state index is 12.6. The third-order valence-electron chi connectivity index (χ3n) is 3.59. The minimum atomic E-state index is -3.38. The van der Waals surface area contributed by atoms with Crippen LogP contribution in [0.2, 0.25) is 0 Å².